The first-order chi connectivity index (χ1) is 7.15. The lowest BCUT2D eigenvalue weighted by molar-refractivity contribution is -0.108. The molecule has 0 spiro atoms. The average molecular weight is 204 g/mol. The molecular weight excluding hydrogens is 192 g/mol. The molecule has 0 N–H and O–H groups in total. The zero-order chi connectivity index (χ0) is 11.0. The molecule has 0 saturated carbocycles. The minimum atomic E-state index is -0.265. The number of hydrogen-bond acceptors (Lipinski definition) is 3. The summed E-state index contributed by atoms with van der Waals surface area (Å²) in [7, 11) is 0. The predicted octanol–water partition coefficient (Wildman–Crippen LogP) is 1.97. The van der Waals surface area contributed by atoms with Gasteiger partial charge >= 0.3 is 5.97 Å². The molecule has 3 heteroatoms. The molecule has 2 rings (SSSR count). The molecule has 78 valence electrons. The number of fused-ring (bicyclic) bond motifs is 1. The predicted molar refractivity (Wildman–Crippen MR) is 54.8 cm³/mol. The molecule has 15 heavy (non-hydrogen) atoms. The fourth-order valence-electron chi connectivity index (χ4n) is 1.93. The highest BCUT2D eigenvalue weighted by Gasteiger charge is 2.24. The second kappa shape index (κ2) is 3.50. The Morgan fingerprint density at radius 3 is 2.87 bits per heavy atom. The van der Waals surface area contributed by atoms with Crippen molar-refractivity contribution in [3.8, 4) is 0 Å². The van der Waals surface area contributed by atoms with Crippen molar-refractivity contribution in [3.63, 3.8) is 0 Å². The molecule has 1 atom stereocenters. The molecule has 0 radical (unpaired) electrons. The van der Waals surface area contributed by atoms with E-state index in [2.05, 4.69) is 0 Å². The van der Waals surface area contributed by atoms with Crippen molar-refractivity contribution in [2.75, 3.05) is 0 Å². The number of hydrogen-bond donors (Lipinski definition) is 0. The van der Waals surface area contributed by atoms with E-state index in [1.807, 2.05) is 19.9 Å². The highest BCUT2D eigenvalue weighted by Crippen LogP contribution is 2.28. The van der Waals surface area contributed by atoms with E-state index in [0.717, 1.165) is 23.0 Å². The van der Waals surface area contributed by atoms with Crippen LogP contribution in [-0.2, 0) is 16.1 Å². The van der Waals surface area contributed by atoms with Crippen molar-refractivity contribution in [2.45, 2.75) is 26.4 Å². The fraction of sp³-hybridized carbons (Fsp3) is 0.333. The van der Waals surface area contributed by atoms with E-state index in [9.17, 15) is 9.59 Å². The first kappa shape index (κ1) is 9.90. The molecule has 3 nitrogen and oxygen atoms in total. The fourth-order valence-corrected chi connectivity index (χ4v) is 1.93. The molecular formula is C12H12O3. The average Bonchev–Trinajstić information content (AvgIpc) is 2.61. The van der Waals surface area contributed by atoms with Crippen LogP contribution in [0.2, 0.25) is 0 Å². The number of cyclic esters (lactones) is 1. The van der Waals surface area contributed by atoms with Crippen LogP contribution < -0.4 is 0 Å². The molecule has 0 fully saturated rings. The van der Waals surface area contributed by atoms with Gasteiger partial charge in [-0.05, 0) is 24.1 Å². The molecule has 0 aliphatic carbocycles. The van der Waals surface area contributed by atoms with Crippen LogP contribution in [0.5, 0.6) is 0 Å². The van der Waals surface area contributed by atoms with E-state index in [-0.39, 0.29) is 11.9 Å². The Kier molecular flexibility index (Phi) is 2.31. The number of benzene rings is 1. The normalized spacial score (nSPS) is 15.7. The maximum Gasteiger partial charge on any atom is 0.338 e. The highest BCUT2D eigenvalue weighted by atomic mass is 16.5. The van der Waals surface area contributed by atoms with Crippen molar-refractivity contribution >= 4 is 12.3 Å². The summed E-state index contributed by atoms with van der Waals surface area (Å²) >= 11 is 0. The van der Waals surface area contributed by atoms with Crippen LogP contribution in [0.25, 0.3) is 0 Å². The minimum Gasteiger partial charge on any atom is -0.457 e. The van der Waals surface area contributed by atoms with Gasteiger partial charge in [-0.3, -0.25) is 0 Å². The van der Waals surface area contributed by atoms with Gasteiger partial charge in [-0.25, -0.2) is 4.79 Å². The molecule has 1 aromatic rings. The number of carbonyl (C=O) groups excluding carboxylic acids is 2. The Morgan fingerprint density at radius 2 is 2.20 bits per heavy atom. The standard InChI is InChI=1S/C12H12O3/c1-7(5-13)9-3-4-10-11(8(9)2)6-15-12(10)14/h3-5,7H,6H2,1-2H3/t7-/m1/s1. The van der Waals surface area contributed by atoms with Crippen molar-refractivity contribution in [2.24, 2.45) is 0 Å². The van der Waals surface area contributed by atoms with Gasteiger partial charge in [0.1, 0.15) is 12.9 Å². The zero-order valence-corrected chi connectivity index (χ0v) is 8.74. The summed E-state index contributed by atoms with van der Waals surface area (Å²) in [5.41, 5.74) is 3.53. The third kappa shape index (κ3) is 1.44. The third-order valence-corrected chi connectivity index (χ3v) is 2.90. The monoisotopic (exact) mass is 204 g/mol. The lowest BCUT2D eigenvalue weighted by Gasteiger charge is -2.10. The maximum absolute atomic E-state index is 11.3. The summed E-state index contributed by atoms with van der Waals surface area (Å²) < 4.78 is 4.95. The SMILES string of the molecule is Cc1c([C@H](C)C=O)ccc2c1COC2=O. The summed E-state index contributed by atoms with van der Waals surface area (Å²) in [5, 5.41) is 0. The van der Waals surface area contributed by atoms with Crippen LogP contribution in [0.1, 0.15) is 39.9 Å². The number of rotatable bonds is 2. The number of carbonyl (C=O) groups is 2. The van der Waals surface area contributed by atoms with Crippen LogP contribution in [0.15, 0.2) is 12.1 Å². The van der Waals surface area contributed by atoms with Crippen LogP contribution in [-0.4, -0.2) is 12.3 Å². The maximum atomic E-state index is 11.3. The van der Waals surface area contributed by atoms with Crippen molar-refractivity contribution in [3.05, 3.63) is 34.4 Å². The van der Waals surface area contributed by atoms with E-state index in [1.165, 1.54) is 0 Å². The third-order valence-electron chi connectivity index (χ3n) is 2.90. The molecule has 1 aliphatic rings. The van der Waals surface area contributed by atoms with Gasteiger partial charge in [0.25, 0.3) is 0 Å². The van der Waals surface area contributed by atoms with E-state index >= 15 is 0 Å². The van der Waals surface area contributed by atoms with Crippen molar-refractivity contribution in [1.29, 1.82) is 0 Å². The summed E-state index contributed by atoms with van der Waals surface area (Å²) in [6.45, 7) is 4.11. The van der Waals surface area contributed by atoms with Gasteiger partial charge in [0.2, 0.25) is 0 Å². The molecule has 1 aliphatic heterocycles. The Balaban J connectivity index is 2.55. The quantitative estimate of drug-likeness (QED) is 0.546. The molecule has 0 amide bonds. The van der Waals surface area contributed by atoms with E-state index in [0.29, 0.717) is 12.2 Å². The summed E-state index contributed by atoms with van der Waals surface area (Å²) in [4.78, 5) is 22.0. The smallest absolute Gasteiger partial charge is 0.338 e. The first-order valence-electron chi connectivity index (χ1n) is 4.90. The van der Waals surface area contributed by atoms with E-state index < -0.39 is 0 Å². The largest absolute Gasteiger partial charge is 0.457 e. The van der Waals surface area contributed by atoms with Gasteiger partial charge in [-0.1, -0.05) is 13.0 Å². The zero-order valence-electron chi connectivity index (χ0n) is 8.74. The van der Waals surface area contributed by atoms with Crippen LogP contribution in [0.3, 0.4) is 0 Å². The Hall–Kier alpha value is -1.64. The molecule has 0 bridgehead atoms. The lowest BCUT2D eigenvalue weighted by atomic mass is 9.92. The second-order valence-electron chi connectivity index (χ2n) is 3.81. The van der Waals surface area contributed by atoms with Gasteiger partial charge < -0.3 is 9.53 Å². The van der Waals surface area contributed by atoms with Gasteiger partial charge in [-0.15, -0.1) is 0 Å². The van der Waals surface area contributed by atoms with Crippen molar-refractivity contribution in [1.82, 2.24) is 0 Å². The molecule has 0 aromatic heterocycles. The topological polar surface area (TPSA) is 43.4 Å². The molecule has 1 aromatic carbocycles. The minimum absolute atomic E-state index is 0.133. The van der Waals surface area contributed by atoms with Crippen LogP contribution >= 0.6 is 0 Å². The summed E-state index contributed by atoms with van der Waals surface area (Å²) in [6.07, 6.45) is 0.909. The van der Waals surface area contributed by atoms with Crippen LogP contribution in [0.4, 0.5) is 0 Å². The summed E-state index contributed by atoms with van der Waals surface area (Å²) in [5.74, 6) is -0.399. The first-order valence-corrected chi connectivity index (χ1v) is 4.90. The number of ether oxygens (including phenoxy) is 1. The molecule has 0 unspecified atom stereocenters. The second-order valence-corrected chi connectivity index (χ2v) is 3.81. The van der Waals surface area contributed by atoms with E-state index in [1.54, 1.807) is 6.07 Å². The van der Waals surface area contributed by atoms with E-state index in [4.69, 9.17) is 4.74 Å². The summed E-state index contributed by atoms with van der Waals surface area (Å²) in [6, 6.07) is 3.58. The Labute approximate surface area is 88.1 Å². The van der Waals surface area contributed by atoms with Gasteiger partial charge in [0, 0.05) is 11.5 Å². The Bertz CT molecular complexity index is 435. The highest BCUT2D eigenvalue weighted by molar-refractivity contribution is 5.94. The number of esters is 1. The van der Waals surface area contributed by atoms with Gasteiger partial charge in [-0.2, -0.15) is 0 Å². The molecule has 0 saturated heterocycles. The van der Waals surface area contributed by atoms with Crippen LogP contribution in [0, 0.1) is 6.92 Å². The lowest BCUT2D eigenvalue weighted by Crippen LogP contribution is -2.02. The number of aldehydes is 1. The van der Waals surface area contributed by atoms with Gasteiger partial charge in [0.15, 0.2) is 0 Å². The van der Waals surface area contributed by atoms with Gasteiger partial charge in [0.05, 0.1) is 5.56 Å². The van der Waals surface area contributed by atoms with Crippen molar-refractivity contribution < 1.29 is 14.3 Å². The Morgan fingerprint density at radius 1 is 1.47 bits per heavy atom. The molecule has 1 heterocycles.